The SMILES string of the molecule is COC1CC(O)C2CC(OC3OC(COC4OC(C)C(O)C(O)C4O)C(O)C(O)C3O)C(C3CCC(O)C(OC)C3)[OH+]C2C1. The number of rotatable bonds is 8. The number of aliphatic hydroxyl groups excluding tert-OH is 8. The van der Waals surface area contributed by atoms with Crippen molar-refractivity contribution in [2.75, 3.05) is 20.8 Å². The van der Waals surface area contributed by atoms with Crippen LogP contribution < -0.4 is 0 Å². The molecule has 5 aliphatic rings. The molecule has 5 fully saturated rings. The summed E-state index contributed by atoms with van der Waals surface area (Å²) >= 11 is 0. The fourth-order valence-electron chi connectivity index (χ4n) is 7.59. The Morgan fingerprint density at radius 3 is 2.09 bits per heavy atom. The van der Waals surface area contributed by atoms with Crippen molar-refractivity contribution in [2.24, 2.45) is 11.8 Å². The van der Waals surface area contributed by atoms with Gasteiger partial charge in [0.1, 0.15) is 48.8 Å². The minimum atomic E-state index is -1.66. The van der Waals surface area contributed by atoms with Crippen LogP contribution in [0.15, 0.2) is 0 Å². The first-order chi connectivity index (χ1) is 20.9. The average molecular weight is 640 g/mol. The molecule has 15 nitrogen and oxygen atoms in total. The second kappa shape index (κ2) is 14.7. The number of hydrogen-bond donors (Lipinski definition) is 8. The third kappa shape index (κ3) is 7.12. The van der Waals surface area contributed by atoms with Gasteiger partial charge in [0.25, 0.3) is 0 Å². The maximum atomic E-state index is 11.0. The van der Waals surface area contributed by atoms with Gasteiger partial charge in [0.05, 0.1) is 43.0 Å². The molecule has 19 unspecified atom stereocenters. The normalized spacial score (nSPS) is 53.7. The van der Waals surface area contributed by atoms with Crippen LogP contribution in [0.3, 0.4) is 0 Å². The number of hydrogen-bond acceptors (Lipinski definition) is 14. The zero-order valence-corrected chi connectivity index (χ0v) is 25.4. The Morgan fingerprint density at radius 2 is 1.39 bits per heavy atom. The summed E-state index contributed by atoms with van der Waals surface area (Å²) in [6, 6.07) is 0. The molecule has 19 atom stereocenters. The quantitative estimate of drug-likeness (QED) is 0.121. The molecule has 256 valence electrons. The third-order valence-electron chi connectivity index (χ3n) is 10.4. The number of methoxy groups -OCH3 is 2. The van der Waals surface area contributed by atoms with E-state index in [1.54, 1.807) is 14.2 Å². The number of ether oxygens (including phenoxy) is 7. The first kappa shape index (κ1) is 34.7. The smallest absolute Gasteiger partial charge is 0.187 e. The fourth-order valence-corrected chi connectivity index (χ4v) is 7.59. The minimum Gasteiger partial charge on any atom is -0.427 e. The van der Waals surface area contributed by atoms with Gasteiger partial charge in [-0.2, -0.15) is 0 Å². The van der Waals surface area contributed by atoms with Crippen molar-refractivity contribution in [3.63, 3.8) is 0 Å². The minimum absolute atomic E-state index is 0.0292. The topological polar surface area (TPSA) is 230 Å². The van der Waals surface area contributed by atoms with Crippen LogP contribution in [0.5, 0.6) is 0 Å². The summed E-state index contributed by atoms with van der Waals surface area (Å²) < 4.78 is 39.6. The molecule has 2 aliphatic carbocycles. The summed E-state index contributed by atoms with van der Waals surface area (Å²) in [4.78, 5) is 0. The Bertz CT molecular complexity index is 914. The van der Waals surface area contributed by atoms with Crippen LogP contribution in [-0.2, 0) is 28.4 Å². The van der Waals surface area contributed by atoms with Crippen LogP contribution in [0.25, 0.3) is 0 Å². The van der Waals surface area contributed by atoms with Gasteiger partial charge >= 0.3 is 0 Å². The standard InChI is InChI=1S/C29H50O15/c1-11-21(32)23(34)25(36)28(41-11)40-10-20-22(33)24(35)26(37)29(44-20)43-19-9-14-16(31)7-13(38-2)8-17(14)42-27(19)12-4-5-15(30)18(6-12)39-3/h11-37H,4-10H2,1-3H3/p+1. The molecule has 0 aromatic heterocycles. The highest BCUT2D eigenvalue weighted by atomic mass is 16.7. The first-order valence-corrected chi connectivity index (χ1v) is 15.7. The monoisotopic (exact) mass is 639 g/mol. The van der Waals surface area contributed by atoms with Crippen LogP contribution in [0, 0.1) is 11.8 Å². The van der Waals surface area contributed by atoms with E-state index in [1.165, 1.54) is 6.92 Å². The van der Waals surface area contributed by atoms with Gasteiger partial charge in [-0.3, -0.25) is 0 Å². The van der Waals surface area contributed by atoms with Crippen LogP contribution in [0.1, 0.15) is 45.4 Å². The highest BCUT2D eigenvalue weighted by Crippen LogP contribution is 2.43. The highest BCUT2D eigenvalue weighted by Gasteiger charge is 2.55. The number of aliphatic hydroxyl groups is 10. The molecule has 3 aliphatic heterocycles. The Balaban J connectivity index is 1.30. The Labute approximate surface area is 256 Å². The van der Waals surface area contributed by atoms with Gasteiger partial charge in [0.15, 0.2) is 24.8 Å². The lowest BCUT2D eigenvalue weighted by Gasteiger charge is -2.49. The van der Waals surface area contributed by atoms with Crippen molar-refractivity contribution >= 4 is 0 Å². The van der Waals surface area contributed by atoms with E-state index in [0.717, 1.165) is 0 Å². The van der Waals surface area contributed by atoms with E-state index in [0.29, 0.717) is 38.5 Å². The largest absolute Gasteiger partial charge is 0.427 e. The summed E-state index contributed by atoms with van der Waals surface area (Å²) in [5, 5.41) is 84.1. The second-order valence-corrected chi connectivity index (χ2v) is 13.1. The molecule has 5 rings (SSSR count). The predicted octanol–water partition coefficient (Wildman–Crippen LogP) is -3.35. The van der Waals surface area contributed by atoms with Crippen LogP contribution in [0.4, 0.5) is 0 Å². The molecule has 0 bridgehead atoms. The van der Waals surface area contributed by atoms with E-state index in [-0.39, 0.29) is 36.3 Å². The van der Waals surface area contributed by atoms with Gasteiger partial charge in [0.2, 0.25) is 0 Å². The van der Waals surface area contributed by atoms with Crippen molar-refractivity contribution in [3.8, 4) is 0 Å². The van der Waals surface area contributed by atoms with Crippen LogP contribution in [-0.4, -0.2) is 171 Å². The Morgan fingerprint density at radius 1 is 0.682 bits per heavy atom. The molecule has 0 spiro atoms. The highest BCUT2D eigenvalue weighted by molar-refractivity contribution is 4.99. The Kier molecular flexibility index (Phi) is 11.6. The second-order valence-electron chi connectivity index (χ2n) is 13.1. The van der Waals surface area contributed by atoms with Gasteiger partial charge in [0, 0.05) is 33.0 Å². The maximum absolute atomic E-state index is 11.0. The molecule has 44 heavy (non-hydrogen) atoms. The van der Waals surface area contributed by atoms with E-state index in [2.05, 4.69) is 0 Å². The summed E-state index contributed by atoms with van der Waals surface area (Å²) in [6.07, 6.45) is -13.8. The van der Waals surface area contributed by atoms with Crippen molar-refractivity contribution in [3.05, 3.63) is 0 Å². The van der Waals surface area contributed by atoms with Gasteiger partial charge < -0.3 is 74.0 Å². The lowest BCUT2D eigenvalue weighted by atomic mass is 9.72. The zero-order valence-electron chi connectivity index (χ0n) is 25.4. The van der Waals surface area contributed by atoms with Crippen LogP contribution >= 0.6 is 0 Å². The lowest BCUT2D eigenvalue weighted by molar-refractivity contribution is -0.362. The average Bonchev–Trinajstić information content (AvgIpc) is 3.01. The zero-order chi connectivity index (χ0) is 31.9. The van der Waals surface area contributed by atoms with E-state index < -0.39 is 86.3 Å². The summed E-state index contributed by atoms with van der Waals surface area (Å²) in [5.41, 5.74) is 0. The third-order valence-corrected chi connectivity index (χ3v) is 10.4. The molecule has 9 N–H and O–H groups in total. The van der Waals surface area contributed by atoms with E-state index >= 15 is 0 Å². The molecule has 15 heteroatoms. The van der Waals surface area contributed by atoms with Crippen molar-refractivity contribution in [1.29, 1.82) is 0 Å². The fraction of sp³-hybridized carbons (Fsp3) is 1.00. The van der Waals surface area contributed by atoms with Gasteiger partial charge in [-0.1, -0.05) is 0 Å². The molecule has 0 aromatic carbocycles. The molecule has 0 radical (unpaired) electrons. The van der Waals surface area contributed by atoms with E-state index in [4.69, 9.17) is 33.2 Å². The molecular formula is C29H51O15+. The first-order valence-electron chi connectivity index (χ1n) is 15.7. The molecular weight excluding hydrogens is 588 g/mol. The van der Waals surface area contributed by atoms with Gasteiger partial charge in [-0.25, -0.2) is 0 Å². The van der Waals surface area contributed by atoms with Crippen molar-refractivity contribution < 1.29 is 74.0 Å². The molecule has 0 aromatic rings. The lowest BCUT2D eigenvalue weighted by Crippen LogP contribution is -2.63. The van der Waals surface area contributed by atoms with Crippen LogP contribution in [0.2, 0.25) is 0 Å². The van der Waals surface area contributed by atoms with E-state index in [9.17, 15) is 40.9 Å². The van der Waals surface area contributed by atoms with Gasteiger partial charge in [-0.15, -0.1) is 0 Å². The predicted molar refractivity (Wildman–Crippen MR) is 148 cm³/mol. The Hall–Kier alpha value is -0.600. The molecule has 3 saturated heterocycles. The maximum Gasteiger partial charge on any atom is 0.187 e. The summed E-state index contributed by atoms with van der Waals surface area (Å²) in [7, 11) is 3.17. The number of fused-ring (bicyclic) bond motifs is 1. The molecule has 0 amide bonds. The molecule has 3 heterocycles. The van der Waals surface area contributed by atoms with Gasteiger partial charge in [-0.05, 0) is 32.6 Å². The summed E-state index contributed by atoms with van der Waals surface area (Å²) in [5.74, 6) is -0.252. The van der Waals surface area contributed by atoms with E-state index in [1.807, 2.05) is 0 Å². The van der Waals surface area contributed by atoms with Crippen molar-refractivity contribution in [1.82, 2.24) is 0 Å². The summed E-state index contributed by atoms with van der Waals surface area (Å²) in [6.45, 7) is 1.10. The van der Waals surface area contributed by atoms with Crippen molar-refractivity contribution in [2.45, 2.75) is 150 Å². The molecule has 2 saturated carbocycles.